The predicted octanol–water partition coefficient (Wildman–Crippen LogP) is 2.75. The molecule has 10 heteroatoms. The molecule has 160 valence electrons. The average molecular weight is 439 g/mol. The average Bonchev–Trinajstić information content (AvgIpc) is 3.43. The van der Waals surface area contributed by atoms with Crippen LogP contribution in [0.25, 0.3) is 0 Å². The Morgan fingerprint density at radius 2 is 1.97 bits per heavy atom. The molecule has 31 heavy (non-hydrogen) atoms. The van der Waals surface area contributed by atoms with E-state index in [0.717, 1.165) is 30.0 Å². The van der Waals surface area contributed by atoms with Crippen LogP contribution in [0.1, 0.15) is 39.9 Å². The number of nitrogens with zero attached hydrogens (tertiary/aromatic N) is 3. The molecular formula is C21H21N5O4S. The van der Waals surface area contributed by atoms with Crippen molar-refractivity contribution in [3.8, 4) is 0 Å². The van der Waals surface area contributed by atoms with Crippen LogP contribution in [0.3, 0.4) is 0 Å². The molecule has 1 saturated heterocycles. The summed E-state index contributed by atoms with van der Waals surface area (Å²) in [4.78, 5) is 36.5. The molecule has 0 saturated carbocycles. The van der Waals surface area contributed by atoms with Gasteiger partial charge in [0.25, 0.3) is 11.5 Å². The van der Waals surface area contributed by atoms with Crippen molar-refractivity contribution in [1.82, 2.24) is 14.8 Å². The summed E-state index contributed by atoms with van der Waals surface area (Å²) in [6.07, 6.45) is 3.50. The molecule has 2 N–H and O–H groups in total. The predicted molar refractivity (Wildman–Crippen MR) is 116 cm³/mol. The smallest absolute Gasteiger partial charge is 0.257 e. The Labute approximate surface area is 182 Å². The van der Waals surface area contributed by atoms with E-state index in [1.807, 2.05) is 6.92 Å². The largest absolute Gasteiger partial charge is 0.371 e. The molecule has 1 unspecified atom stereocenters. The van der Waals surface area contributed by atoms with Crippen molar-refractivity contribution in [3.63, 3.8) is 0 Å². The number of amides is 2. The molecule has 0 spiro atoms. The number of ether oxygens (including phenoxy) is 1. The summed E-state index contributed by atoms with van der Waals surface area (Å²) in [5, 5.41) is 14.7. The molecule has 1 aromatic carbocycles. The number of nitrogens with one attached hydrogen (secondary N) is 2. The Morgan fingerprint density at radius 3 is 2.71 bits per heavy atom. The van der Waals surface area contributed by atoms with Crippen molar-refractivity contribution < 1.29 is 14.3 Å². The van der Waals surface area contributed by atoms with Gasteiger partial charge in [0.1, 0.15) is 17.7 Å². The number of carbonyl (C=O) groups excluding carboxylic acids is 2. The van der Waals surface area contributed by atoms with Crippen LogP contribution in [0, 0.1) is 6.92 Å². The number of aromatic nitrogens is 3. The highest BCUT2D eigenvalue weighted by Gasteiger charge is 2.22. The normalized spacial score (nSPS) is 15.6. The number of carbonyl (C=O) groups is 2. The Hall–Kier alpha value is -3.37. The van der Waals surface area contributed by atoms with Crippen LogP contribution in [0.2, 0.25) is 0 Å². The number of benzene rings is 1. The van der Waals surface area contributed by atoms with E-state index in [1.54, 1.807) is 36.5 Å². The molecule has 3 heterocycles. The van der Waals surface area contributed by atoms with E-state index in [2.05, 4.69) is 20.8 Å². The molecule has 1 atom stereocenters. The fourth-order valence-electron chi connectivity index (χ4n) is 3.19. The first-order valence-corrected chi connectivity index (χ1v) is 10.6. The highest BCUT2D eigenvalue weighted by molar-refractivity contribution is 7.15. The van der Waals surface area contributed by atoms with E-state index in [0.29, 0.717) is 16.4 Å². The first kappa shape index (κ1) is 20.9. The molecule has 1 fully saturated rings. The molecule has 0 aliphatic carbocycles. The zero-order valence-corrected chi connectivity index (χ0v) is 17.6. The molecule has 1 aliphatic rings. The van der Waals surface area contributed by atoms with Crippen LogP contribution in [-0.2, 0) is 16.1 Å². The first-order chi connectivity index (χ1) is 15.0. The van der Waals surface area contributed by atoms with Crippen molar-refractivity contribution in [2.24, 2.45) is 0 Å². The van der Waals surface area contributed by atoms with Crippen LogP contribution in [-0.4, -0.2) is 33.2 Å². The second-order valence-electron chi connectivity index (χ2n) is 7.20. The molecular weight excluding hydrogens is 418 g/mol. The zero-order chi connectivity index (χ0) is 21.8. The fourth-order valence-corrected chi connectivity index (χ4v) is 4.01. The molecule has 0 radical (unpaired) electrons. The number of hydrogen-bond donors (Lipinski definition) is 2. The molecule has 1 aliphatic heterocycles. The molecule has 0 bridgehead atoms. The van der Waals surface area contributed by atoms with Gasteiger partial charge in [-0.1, -0.05) is 17.4 Å². The zero-order valence-electron chi connectivity index (χ0n) is 16.8. The second kappa shape index (κ2) is 9.19. The lowest BCUT2D eigenvalue weighted by molar-refractivity contribution is -0.116. The second-order valence-corrected chi connectivity index (χ2v) is 8.21. The van der Waals surface area contributed by atoms with Crippen molar-refractivity contribution in [3.05, 3.63) is 69.1 Å². The van der Waals surface area contributed by atoms with E-state index in [4.69, 9.17) is 4.74 Å². The first-order valence-electron chi connectivity index (χ1n) is 9.81. The van der Waals surface area contributed by atoms with Gasteiger partial charge in [0.05, 0.1) is 0 Å². The molecule has 9 nitrogen and oxygen atoms in total. The third-order valence-electron chi connectivity index (χ3n) is 4.74. The number of rotatable bonds is 6. The van der Waals surface area contributed by atoms with Crippen LogP contribution < -0.4 is 16.2 Å². The fraction of sp³-hybridized carbons (Fsp3) is 0.286. The van der Waals surface area contributed by atoms with Crippen molar-refractivity contribution in [1.29, 1.82) is 0 Å². The van der Waals surface area contributed by atoms with Gasteiger partial charge in [-0.25, -0.2) is 0 Å². The summed E-state index contributed by atoms with van der Waals surface area (Å²) < 4.78 is 6.93. The Kier molecular flexibility index (Phi) is 6.19. The van der Waals surface area contributed by atoms with Gasteiger partial charge in [-0.2, -0.15) is 0 Å². The van der Waals surface area contributed by atoms with Crippen LogP contribution in [0.4, 0.5) is 10.8 Å². The summed E-state index contributed by atoms with van der Waals surface area (Å²) in [7, 11) is 0. The Morgan fingerprint density at radius 1 is 1.16 bits per heavy atom. The van der Waals surface area contributed by atoms with Crippen molar-refractivity contribution in [2.75, 3.05) is 17.2 Å². The van der Waals surface area contributed by atoms with Gasteiger partial charge in [-0.15, -0.1) is 10.2 Å². The third-order valence-corrected chi connectivity index (χ3v) is 5.67. The van der Waals surface area contributed by atoms with Gasteiger partial charge in [0.2, 0.25) is 11.0 Å². The lowest BCUT2D eigenvalue weighted by Crippen LogP contribution is -2.26. The summed E-state index contributed by atoms with van der Waals surface area (Å²) in [5.74, 6) is -0.653. The third kappa shape index (κ3) is 5.22. The summed E-state index contributed by atoms with van der Waals surface area (Å²) >= 11 is 1.30. The van der Waals surface area contributed by atoms with E-state index in [9.17, 15) is 14.4 Å². The lowest BCUT2D eigenvalue weighted by Gasteiger charge is -2.09. The molecule has 2 aromatic heterocycles. The van der Waals surface area contributed by atoms with Gasteiger partial charge in [-0.05, 0) is 49.6 Å². The van der Waals surface area contributed by atoms with Gasteiger partial charge in [0, 0.05) is 30.1 Å². The van der Waals surface area contributed by atoms with Gasteiger partial charge >= 0.3 is 0 Å². The van der Waals surface area contributed by atoms with Crippen molar-refractivity contribution in [2.45, 2.75) is 32.4 Å². The summed E-state index contributed by atoms with van der Waals surface area (Å²) in [6.45, 7) is 2.48. The summed E-state index contributed by atoms with van der Waals surface area (Å²) in [5.41, 5.74) is 1.59. The van der Waals surface area contributed by atoms with Crippen LogP contribution in [0.5, 0.6) is 0 Å². The quantitative estimate of drug-likeness (QED) is 0.610. The van der Waals surface area contributed by atoms with Crippen LogP contribution in [0.15, 0.2) is 47.4 Å². The lowest BCUT2D eigenvalue weighted by atomic mass is 10.2. The molecule has 2 amide bonds. The number of pyridine rings is 1. The highest BCUT2D eigenvalue weighted by Crippen LogP contribution is 2.32. The standard InChI is InChI=1S/C21H21N5O4S/c1-13-4-9-18(28)26(11-13)12-17(27)22-15-7-5-14(6-8-15)19(29)23-21-25-24-20(31-21)16-3-2-10-30-16/h4-9,11,16H,2-3,10,12H2,1H3,(H,22,27)(H,23,25,29). The van der Waals surface area contributed by atoms with Gasteiger partial charge in [-0.3, -0.25) is 19.7 Å². The van der Waals surface area contributed by atoms with Crippen LogP contribution >= 0.6 is 11.3 Å². The van der Waals surface area contributed by atoms with Crippen molar-refractivity contribution >= 4 is 34.0 Å². The SMILES string of the molecule is Cc1ccc(=O)n(CC(=O)Nc2ccc(C(=O)Nc3nnc(C4CCCO4)s3)cc2)c1. The maximum Gasteiger partial charge on any atom is 0.257 e. The minimum atomic E-state index is -0.333. The van der Waals surface area contributed by atoms with E-state index in [-0.39, 0.29) is 30.0 Å². The maximum absolute atomic E-state index is 12.5. The Balaban J connectivity index is 1.34. The van der Waals surface area contributed by atoms with E-state index < -0.39 is 0 Å². The topological polar surface area (TPSA) is 115 Å². The highest BCUT2D eigenvalue weighted by atomic mass is 32.1. The monoisotopic (exact) mass is 439 g/mol. The maximum atomic E-state index is 12.5. The number of anilines is 2. The minimum Gasteiger partial charge on any atom is -0.371 e. The van der Waals surface area contributed by atoms with E-state index >= 15 is 0 Å². The number of aryl methyl sites for hydroxylation is 1. The van der Waals surface area contributed by atoms with Gasteiger partial charge in [0.15, 0.2) is 0 Å². The molecule has 4 rings (SSSR count). The number of hydrogen-bond acceptors (Lipinski definition) is 7. The Bertz CT molecular complexity index is 1150. The summed E-state index contributed by atoms with van der Waals surface area (Å²) in [6, 6.07) is 9.59. The van der Waals surface area contributed by atoms with Gasteiger partial charge < -0.3 is 14.6 Å². The molecule has 3 aromatic rings. The van der Waals surface area contributed by atoms with E-state index in [1.165, 1.54) is 22.0 Å². The minimum absolute atomic E-state index is 0.0401.